The zero-order chi connectivity index (χ0) is 19.4. The van der Waals surface area contributed by atoms with Crippen molar-refractivity contribution in [2.45, 2.75) is 6.61 Å². The minimum atomic E-state index is -0.132. The van der Waals surface area contributed by atoms with Gasteiger partial charge in [-0.1, -0.05) is 53.8 Å². The van der Waals surface area contributed by atoms with Gasteiger partial charge in [0.05, 0.1) is 23.5 Å². The summed E-state index contributed by atoms with van der Waals surface area (Å²) in [5.41, 5.74) is 1.61. The van der Waals surface area contributed by atoms with Crippen LogP contribution in [0.1, 0.15) is 11.1 Å². The van der Waals surface area contributed by atoms with Gasteiger partial charge in [-0.25, -0.2) is 0 Å². The molecular weight excluding hydrogens is 472 g/mol. The standard InChI is InChI=1S/C18H14BrClN2O3S2/c1-24-15-7-11(8-21-22-16(23)10-27-18(22)26)6-13(19)17(15)25-9-12-4-2-3-5-14(12)20/h2-8H,9-10H2,1H3/b21-8+. The molecule has 0 aliphatic carbocycles. The van der Waals surface area contributed by atoms with Gasteiger partial charge in [0.1, 0.15) is 6.61 Å². The molecule has 3 rings (SSSR count). The van der Waals surface area contributed by atoms with Gasteiger partial charge in [0.2, 0.25) is 0 Å². The van der Waals surface area contributed by atoms with Gasteiger partial charge in [-0.15, -0.1) is 0 Å². The van der Waals surface area contributed by atoms with Crippen molar-refractivity contribution < 1.29 is 14.3 Å². The fourth-order valence-corrected chi connectivity index (χ4v) is 4.03. The topological polar surface area (TPSA) is 51.1 Å². The quantitative estimate of drug-likeness (QED) is 0.431. The van der Waals surface area contributed by atoms with E-state index in [1.807, 2.05) is 30.3 Å². The van der Waals surface area contributed by atoms with Crippen LogP contribution in [0.15, 0.2) is 46.0 Å². The molecule has 140 valence electrons. The molecule has 0 aromatic heterocycles. The third-order valence-corrected chi connectivity index (χ3v) is 5.93. The van der Waals surface area contributed by atoms with E-state index in [1.54, 1.807) is 19.4 Å². The summed E-state index contributed by atoms with van der Waals surface area (Å²) in [6, 6.07) is 11.1. The molecule has 0 bridgehead atoms. The van der Waals surface area contributed by atoms with Crippen LogP contribution >= 0.6 is 51.5 Å². The molecule has 0 unspecified atom stereocenters. The number of thioether (sulfide) groups is 1. The average Bonchev–Trinajstić information content (AvgIpc) is 2.97. The second-order valence-corrected chi connectivity index (χ2v) is 8.29. The van der Waals surface area contributed by atoms with E-state index in [0.717, 1.165) is 11.1 Å². The zero-order valence-electron chi connectivity index (χ0n) is 14.1. The molecule has 9 heteroatoms. The van der Waals surface area contributed by atoms with Crippen LogP contribution in [-0.2, 0) is 11.4 Å². The number of methoxy groups -OCH3 is 1. The number of hydrogen-bond acceptors (Lipinski definition) is 6. The van der Waals surface area contributed by atoms with Crippen molar-refractivity contribution in [3.63, 3.8) is 0 Å². The summed E-state index contributed by atoms with van der Waals surface area (Å²) in [5.74, 6) is 1.27. The molecule has 0 saturated carbocycles. The van der Waals surface area contributed by atoms with E-state index < -0.39 is 0 Å². The summed E-state index contributed by atoms with van der Waals surface area (Å²) in [6.45, 7) is 0.301. The zero-order valence-corrected chi connectivity index (χ0v) is 18.1. The summed E-state index contributed by atoms with van der Waals surface area (Å²) in [5, 5.41) is 6.03. The van der Waals surface area contributed by atoms with E-state index in [4.69, 9.17) is 33.3 Å². The van der Waals surface area contributed by atoms with Gasteiger partial charge in [0.25, 0.3) is 5.91 Å². The third-order valence-electron chi connectivity index (χ3n) is 3.63. The molecule has 0 spiro atoms. The Balaban J connectivity index is 1.80. The van der Waals surface area contributed by atoms with Gasteiger partial charge < -0.3 is 9.47 Å². The van der Waals surface area contributed by atoms with Crippen LogP contribution in [0, 0.1) is 0 Å². The lowest BCUT2D eigenvalue weighted by molar-refractivity contribution is -0.123. The van der Waals surface area contributed by atoms with Gasteiger partial charge in [0, 0.05) is 10.6 Å². The fraction of sp³-hybridized carbons (Fsp3) is 0.167. The number of halogens is 2. The summed E-state index contributed by atoms with van der Waals surface area (Å²) >= 11 is 16.1. The van der Waals surface area contributed by atoms with Gasteiger partial charge in [-0.05, 0) is 39.7 Å². The Morgan fingerprint density at radius 2 is 2.19 bits per heavy atom. The molecule has 1 aliphatic rings. The lowest BCUT2D eigenvalue weighted by Gasteiger charge is -2.14. The normalized spacial score (nSPS) is 14.3. The van der Waals surface area contributed by atoms with Gasteiger partial charge in [-0.2, -0.15) is 10.1 Å². The number of thiocarbonyl (C=S) groups is 1. The maximum Gasteiger partial charge on any atom is 0.259 e. The van der Waals surface area contributed by atoms with Crippen molar-refractivity contribution >= 4 is 68.0 Å². The molecule has 0 atom stereocenters. The van der Waals surface area contributed by atoms with E-state index in [0.29, 0.717) is 37.7 Å². The van der Waals surface area contributed by atoms with E-state index in [-0.39, 0.29) is 5.91 Å². The second kappa shape index (κ2) is 9.05. The Hall–Kier alpha value is -1.61. The average molecular weight is 486 g/mol. The molecule has 1 fully saturated rings. The minimum absolute atomic E-state index is 0.132. The van der Waals surface area contributed by atoms with Crippen LogP contribution in [0.25, 0.3) is 0 Å². The van der Waals surface area contributed by atoms with E-state index in [2.05, 4.69) is 21.0 Å². The number of hydrogen-bond donors (Lipinski definition) is 0. The highest BCUT2D eigenvalue weighted by Gasteiger charge is 2.26. The highest BCUT2D eigenvalue weighted by molar-refractivity contribution is 9.10. The smallest absolute Gasteiger partial charge is 0.259 e. The molecule has 0 radical (unpaired) electrons. The van der Waals surface area contributed by atoms with Crippen molar-refractivity contribution in [1.29, 1.82) is 0 Å². The summed E-state index contributed by atoms with van der Waals surface area (Å²) < 4.78 is 12.5. The number of rotatable bonds is 6. The molecular formula is C18H14BrClN2O3S2. The molecule has 1 saturated heterocycles. The highest BCUT2D eigenvalue weighted by atomic mass is 79.9. The predicted molar refractivity (Wildman–Crippen MR) is 116 cm³/mol. The molecule has 1 amide bonds. The number of carbonyl (C=O) groups excluding carboxylic acids is 1. The summed E-state index contributed by atoms with van der Waals surface area (Å²) in [7, 11) is 1.56. The Labute approximate surface area is 179 Å². The summed E-state index contributed by atoms with van der Waals surface area (Å²) in [4.78, 5) is 11.7. The van der Waals surface area contributed by atoms with Crippen molar-refractivity contribution in [3.8, 4) is 11.5 Å². The molecule has 2 aromatic carbocycles. The summed E-state index contributed by atoms with van der Waals surface area (Å²) in [6.07, 6.45) is 1.56. The van der Waals surface area contributed by atoms with Crippen molar-refractivity contribution in [2.75, 3.05) is 12.9 Å². The largest absolute Gasteiger partial charge is 0.493 e. The van der Waals surface area contributed by atoms with Crippen molar-refractivity contribution in [2.24, 2.45) is 5.10 Å². The number of carbonyl (C=O) groups is 1. The molecule has 1 heterocycles. The van der Waals surface area contributed by atoms with Gasteiger partial charge in [0.15, 0.2) is 15.8 Å². The first kappa shape index (κ1) is 20.1. The maximum atomic E-state index is 11.7. The predicted octanol–water partition coefficient (Wildman–Crippen LogP) is 4.88. The molecule has 27 heavy (non-hydrogen) atoms. The van der Waals surface area contributed by atoms with Gasteiger partial charge >= 0.3 is 0 Å². The van der Waals surface area contributed by atoms with Crippen molar-refractivity contribution in [3.05, 3.63) is 57.0 Å². The van der Waals surface area contributed by atoms with Crippen LogP contribution in [0.5, 0.6) is 11.5 Å². The van der Waals surface area contributed by atoms with E-state index in [9.17, 15) is 4.79 Å². The lowest BCUT2D eigenvalue weighted by Crippen LogP contribution is -2.22. The molecule has 2 aromatic rings. The second-order valence-electron chi connectivity index (χ2n) is 5.42. The SMILES string of the molecule is COc1cc(/C=N/N2C(=O)CSC2=S)cc(Br)c1OCc1ccccc1Cl. The van der Waals surface area contributed by atoms with Gasteiger partial charge in [-0.3, -0.25) is 4.79 Å². The Morgan fingerprint density at radius 3 is 2.85 bits per heavy atom. The first-order valence-electron chi connectivity index (χ1n) is 7.77. The lowest BCUT2D eigenvalue weighted by atomic mass is 10.2. The fourth-order valence-electron chi connectivity index (χ4n) is 2.30. The number of hydrazone groups is 1. The highest BCUT2D eigenvalue weighted by Crippen LogP contribution is 2.37. The van der Waals surface area contributed by atoms with Crippen LogP contribution in [0.3, 0.4) is 0 Å². The van der Waals surface area contributed by atoms with Crippen LogP contribution < -0.4 is 9.47 Å². The number of benzene rings is 2. The Bertz CT molecular complexity index is 907. The molecule has 5 nitrogen and oxygen atoms in total. The van der Waals surface area contributed by atoms with E-state index in [1.165, 1.54) is 16.8 Å². The number of nitrogens with zero attached hydrogens (tertiary/aromatic N) is 2. The third kappa shape index (κ3) is 4.82. The molecule has 1 aliphatic heterocycles. The monoisotopic (exact) mass is 484 g/mol. The van der Waals surface area contributed by atoms with E-state index >= 15 is 0 Å². The first-order valence-corrected chi connectivity index (χ1v) is 10.3. The minimum Gasteiger partial charge on any atom is -0.493 e. The van der Waals surface area contributed by atoms with Crippen LogP contribution in [0.4, 0.5) is 0 Å². The number of amides is 1. The Kier molecular flexibility index (Phi) is 6.75. The van der Waals surface area contributed by atoms with Crippen LogP contribution in [0.2, 0.25) is 5.02 Å². The maximum absolute atomic E-state index is 11.7. The van der Waals surface area contributed by atoms with Crippen molar-refractivity contribution in [1.82, 2.24) is 5.01 Å². The first-order chi connectivity index (χ1) is 13.0. The van der Waals surface area contributed by atoms with Crippen LogP contribution in [-0.4, -0.2) is 34.3 Å². The number of ether oxygens (including phenoxy) is 2. The molecule has 0 N–H and O–H groups in total. The Morgan fingerprint density at radius 1 is 1.41 bits per heavy atom.